The van der Waals surface area contributed by atoms with Crippen molar-refractivity contribution in [1.29, 1.82) is 0 Å². The third-order valence-corrected chi connectivity index (χ3v) is 8.17. The standard InChI is InChI=1S/C24H31ClN6O4.C14H15ClN6.ClH/c1-23(2,3)34-21(32)27-20-26-14-19(31(20)22(33)35-24(4,5)6)16-9-11-18(12-10-16)30-15-17(28-29-30)8-7-13-25;15-7-1-2-11-9-21(20-19-11)12-5-3-10(4-6-12)13-8-17-14(16)18-13;/h9-12,14-15H,7-8,13H2,1-6H3,(H,26,27,32);3-6,8-9H,1-2,7H2,(H3,16,17,18);1H. The number of rotatable bonds is 11. The molecule has 6 rings (SSSR count). The number of nitrogens with zero attached hydrogens (tertiary/aromatic N) is 9. The van der Waals surface area contributed by atoms with Crippen LogP contribution in [0, 0.1) is 0 Å². The second kappa shape index (κ2) is 19.6. The summed E-state index contributed by atoms with van der Waals surface area (Å²) in [5.74, 6) is 1.61. The maximum atomic E-state index is 13.1. The number of alkyl halides is 2. The van der Waals surface area contributed by atoms with Gasteiger partial charge in [-0.3, -0.25) is 5.32 Å². The van der Waals surface area contributed by atoms with Crippen molar-refractivity contribution in [2.45, 2.75) is 78.4 Å². The maximum Gasteiger partial charge on any atom is 0.421 e. The number of aryl methyl sites for hydroxylation is 2. The van der Waals surface area contributed by atoms with Crippen molar-refractivity contribution in [3.63, 3.8) is 0 Å². The van der Waals surface area contributed by atoms with Gasteiger partial charge in [-0.1, -0.05) is 34.7 Å². The summed E-state index contributed by atoms with van der Waals surface area (Å²) in [5.41, 5.74) is 10.7. The van der Waals surface area contributed by atoms with E-state index in [4.69, 9.17) is 38.4 Å². The van der Waals surface area contributed by atoms with Crippen molar-refractivity contribution >= 4 is 59.7 Å². The fourth-order valence-corrected chi connectivity index (χ4v) is 5.43. The van der Waals surface area contributed by atoms with Gasteiger partial charge in [-0.15, -0.1) is 45.8 Å². The molecule has 16 nitrogen and oxygen atoms in total. The third kappa shape index (κ3) is 12.8. The molecule has 4 heterocycles. The summed E-state index contributed by atoms with van der Waals surface area (Å²) in [5, 5.41) is 19.1. The van der Waals surface area contributed by atoms with E-state index in [0.717, 1.165) is 59.7 Å². The molecule has 6 aromatic rings. The number of aromatic nitrogens is 10. The Kier molecular flexibility index (Phi) is 15.2. The highest BCUT2D eigenvalue weighted by atomic mass is 35.5. The van der Waals surface area contributed by atoms with Gasteiger partial charge < -0.3 is 20.2 Å². The normalized spacial score (nSPS) is 11.3. The summed E-state index contributed by atoms with van der Waals surface area (Å²) in [6.45, 7) is 10.5. The summed E-state index contributed by atoms with van der Waals surface area (Å²) < 4.78 is 15.5. The van der Waals surface area contributed by atoms with E-state index in [1.807, 2.05) is 60.9 Å². The number of nitrogen functional groups attached to an aromatic ring is 1. The Morgan fingerprint density at radius 2 is 1.26 bits per heavy atom. The fourth-order valence-electron chi connectivity index (χ4n) is 5.17. The van der Waals surface area contributed by atoms with Crippen LogP contribution in [0.2, 0.25) is 0 Å². The third-order valence-electron chi connectivity index (χ3n) is 7.63. The molecule has 0 fully saturated rings. The molecular weight excluding hydrogens is 795 g/mol. The van der Waals surface area contributed by atoms with Crippen molar-refractivity contribution in [2.75, 3.05) is 22.8 Å². The molecule has 0 bridgehead atoms. The van der Waals surface area contributed by atoms with Gasteiger partial charge in [0.1, 0.15) is 11.2 Å². The van der Waals surface area contributed by atoms with E-state index < -0.39 is 23.4 Å². The first-order valence-electron chi connectivity index (χ1n) is 17.9. The van der Waals surface area contributed by atoms with Crippen LogP contribution in [-0.4, -0.2) is 84.7 Å². The van der Waals surface area contributed by atoms with Crippen LogP contribution < -0.4 is 11.1 Å². The Balaban J connectivity index is 0.000000278. The predicted octanol–water partition coefficient (Wildman–Crippen LogP) is 8.27. The Morgan fingerprint density at radius 1 is 0.754 bits per heavy atom. The Labute approximate surface area is 346 Å². The lowest BCUT2D eigenvalue weighted by Crippen LogP contribution is -2.31. The fraction of sp³-hybridized carbons (Fsp3) is 0.368. The van der Waals surface area contributed by atoms with Crippen LogP contribution in [0.1, 0.15) is 65.8 Å². The van der Waals surface area contributed by atoms with E-state index in [9.17, 15) is 9.59 Å². The average molecular weight is 842 g/mol. The van der Waals surface area contributed by atoms with Gasteiger partial charge >= 0.3 is 12.2 Å². The molecule has 0 aliphatic rings. The number of nitrogens with two attached hydrogens (primary N) is 1. The van der Waals surface area contributed by atoms with Crippen molar-refractivity contribution in [1.82, 2.24) is 49.5 Å². The number of aromatic amines is 1. The van der Waals surface area contributed by atoms with Gasteiger partial charge in [-0.2, -0.15) is 0 Å². The molecule has 57 heavy (non-hydrogen) atoms. The first-order valence-corrected chi connectivity index (χ1v) is 19.0. The van der Waals surface area contributed by atoms with E-state index in [-0.39, 0.29) is 18.4 Å². The smallest absolute Gasteiger partial charge is 0.421 e. The van der Waals surface area contributed by atoms with Crippen molar-refractivity contribution in [2.24, 2.45) is 0 Å². The van der Waals surface area contributed by atoms with E-state index >= 15 is 0 Å². The van der Waals surface area contributed by atoms with Crippen LogP contribution in [0.25, 0.3) is 33.9 Å². The summed E-state index contributed by atoms with van der Waals surface area (Å²) in [4.78, 5) is 36.6. The van der Waals surface area contributed by atoms with Crippen LogP contribution in [0.4, 0.5) is 21.5 Å². The number of nitrogens with one attached hydrogen (secondary N) is 2. The Bertz CT molecular complexity index is 2200. The molecule has 0 atom stereocenters. The van der Waals surface area contributed by atoms with Crippen molar-refractivity contribution < 1.29 is 19.1 Å². The highest BCUT2D eigenvalue weighted by molar-refractivity contribution is 6.18. The zero-order valence-corrected chi connectivity index (χ0v) is 34.9. The quantitative estimate of drug-likeness (QED) is 0.106. The first-order chi connectivity index (χ1) is 26.6. The van der Waals surface area contributed by atoms with Crippen LogP contribution in [0.15, 0.2) is 73.3 Å². The molecule has 4 aromatic heterocycles. The molecule has 304 valence electrons. The van der Waals surface area contributed by atoms with Gasteiger partial charge in [-0.05, 0) is 97.1 Å². The van der Waals surface area contributed by atoms with Crippen LogP contribution >= 0.6 is 35.6 Å². The van der Waals surface area contributed by atoms with E-state index in [2.05, 4.69) is 40.9 Å². The number of H-pyrrole nitrogens is 1. The number of ether oxygens (including phenoxy) is 2. The topological polar surface area (TPSA) is 199 Å². The number of hydrogen-bond donors (Lipinski definition) is 3. The van der Waals surface area contributed by atoms with Gasteiger partial charge in [0, 0.05) is 17.3 Å². The SMILES string of the molecule is CC(C)(C)OC(=O)Nc1ncc(-c2ccc(-n3cc(CCCCl)nn3)cc2)n1C(=O)OC(C)(C)C.Cl.Nc1ncc(-c2ccc(-n3cc(CCCCl)nn3)cc2)[nH]1. The van der Waals surface area contributed by atoms with Crippen molar-refractivity contribution in [3.05, 3.63) is 84.7 Å². The zero-order chi connectivity index (χ0) is 40.5. The summed E-state index contributed by atoms with van der Waals surface area (Å²) >= 11 is 11.4. The largest absolute Gasteiger partial charge is 0.444 e. The monoisotopic (exact) mass is 840 g/mol. The summed E-state index contributed by atoms with van der Waals surface area (Å²) in [7, 11) is 0. The minimum Gasteiger partial charge on any atom is -0.444 e. The number of hydrogen-bond acceptors (Lipinski definition) is 11. The van der Waals surface area contributed by atoms with Gasteiger partial charge in [0.25, 0.3) is 0 Å². The number of imidazole rings is 2. The van der Waals surface area contributed by atoms with E-state index in [1.54, 1.807) is 57.1 Å². The van der Waals surface area contributed by atoms with Crippen LogP contribution in [0.5, 0.6) is 0 Å². The number of benzene rings is 2. The zero-order valence-electron chi connectivity index (χ0n) is 32.6. The Morgan fingerprint density at radius 3 is 1.72 bits per heavy atom. The number of carbonyl (C=O) groups is 2. The molecule has 4 N–H and O–H groups in total. The molecule has 1 amide bonds. The number of halogens is 3. The number of anilines is 2. The lowest BCUT2D eigenvalue weighted by Gasteiger charge is -2.22. The molecule has 0 spiro atoms. The maximum absolute atomic E-state index is 13.1. The molecule has 0 saturated heterocycles. The predicted molar refractivity (Wildman–Crippen MR) is 223 cm³/mol. The lowest BCUT2D eigenvalue weighted by molar-refractivity contribution is 0.0542. The molecule has 2 aromatic carbocycles. The molecule has 19 heteroatoms. The highest BCUT2D eigenvalue weighted by Crippen LogP contribution is 2.27. The first kappa shape index (κ1) is 44.3. The molecular formula is C38H47Cl3N12O4. The Hall–Kier alpha value is -5.45. The molecule has 0 aliphatic carbocycles. The second-order valence-corrected chi connectivity index (χ2v) is 15.3. The lowest BCUT2D eigenvalue weighted by atomic mass is 10.1. The summed E-state index contributed by atoms with van der Waals surface area (Å²) in [6, 6.07) is 15.3. The molecule has 0 radical (unpaired) electrons. The number of carbonyl (C=O) groups excluding carboxylic acids is 2. The molecule has 0 unspecified atom stereocenters. The van der Waals surface area contributed by atoms with Gasteiger partial charge in [-0.25, -0.2) is 33.5 Å². The van der Waals surface area contributed by atoms with Gasteiger partial charge in [0.2, 0.25) is 5.95 Å². The van der Waals surface area contributed by atoms with Gasteiger partial charge in [0.05, 0.1) is 58.9 Å². The number of amides is 1. The van der Waals surface area contributed by atoms with Crippen molar-refractivity contribution in [3.8, 4) is 33.9 Å². The van der Waals surface area contributed by atoms with E-state index in [1.165, 1.54) is 10.8 Å². The van der Waals surface area contributed by atoms with Gasteiger partial charge in [0.15, 0.2) is 5.95 Å². The minimum absolute atomic E-state index is 0. The second-order valence-electron chi connectivity index (χ2n) is 14.6. The average Bonchev–Trinajstić information content (AvgIpc) is 3.97. The minimum atomic E-state index is -0.750. The summed E-state index contributed by atoms with van der Waals surface area (Å²) in [6.07, 6.45) is 8.90. The molecule has 0 aliphatic heterocycles. The highest BCUT2D eigenvalue weighted by Gasteiger charge is 2.26. The van der Waals surface area contributed by atoms with Crippen LogP contribution in [-0.2, 0) is 22.3 Å². The van der Waals surface area contributed by atoms with Crippen LogP contribution in [0.3, 0.4) is 0 Å². The molecule has 0 saturated carbocycles. The van der Waals surface area contributed by atoms with E-state index in [0.29, 0.717) is 29.0 Å².